The third kappa shape index (κ3) is 2.77. The number of halogens is 1. The van der Waals surface area contributed by atoms with E-state index in [1.54, 1.807) is 18.2 Å². The van der Waals surface area contributed by atoms with Gasteiger partial charge in [-0.25, -0.2) is 4.79 Å². The van der Waals surface area contributed by atoms with Crippen LogP contribution in [0.2, 0.25) is 5.02 Å². The second-order valence-corrected chi connectivity index (χ2v) is 3.76. The Morgan fingerprint density at radius 1 is 1.24 bits per heavy atom. The molecule has 0 bridgehead atoms. The number of carbonyl (C=O) groups is 1. The average molecular weight is 249 g/mol. The molecule has 0 radical (unpaired) electrons. The molecule has 0 atom stereocenters. The molecule has 1 aromatic heterocycles. The Labute approximate surface area is 103 Å². The van der Waals surface area contributed by atoms with E-state index in [-0.39, 0.29) is 0 Å². The van der Waals surface area contributed by atoms with E-state index in [2.05, 4.69) is 0 Å². The Balaban J connectivity index is 2.30. The Bertz CT molecular complexity index is 570. The van der Waals surface area contributed by atoms with Gasteiger partial charge in [0.25, 0.3) is 0 Å². The third-order valence-corrected chi connectivity index (χ3v) is 2.49. The van der Waals surface area contributed by atoms with Crippen LogP contribution in [0.4, 0.5) is 0 Å². The maximum absolute atomic E-state index is 10.4. The van der Waals surface area contributed by atoms with Crippen molar-refractivity contribution in [1.82, 2.24) is 0 Å². The Morgan fingerprint density at radius 2 is 2.00 bits per heavy atom. The summed E-state index contributed by atoms with van der Waals surface area (Å²) in [5.41, 5.74) is 0.782. The summed E-state index contributed by atoms with van der Waals surface area (Å²) in [5, 5.41) is 9.09. The number of rotatable bonds is 3. The highest BCUT2D eigenvalue weighted by atomic mass is 35.5. The number of hydrogen-bond acceptors (Lipinski definition) is 2. The zero-order valence-electron chi connectivity index (χ0n) is 8.76. The largest absolute Gasteiger partial charge is 0.478 e. The van der Waals surface area contributed by atoms with E-state index >= 15 is 0 Å². The van der Waals surface area contributed by atoms with Crippen LogP contribution in [0.15, 0.2) is 46.9 Å². The van der Waals surface area contributed by atoms with Gasteiger partial charge in [0.1, 0.15) is 11.5 Å². The van der Waals surface area contributed by atoms with Gasteiger partial charge in [-0.3, -0.25) is 0 Å². The predicted octanol–water partition coefficient (Wildman–Crippen LogP) is 3.70. The molecule has 3 nitrogen and oxygen atoms in total. The van der Waals surface area contributed by atoms with Crippen LogP contribution in [-0.2, 0) is 4.79 Å². The van der Waals surface area contributed by atoms with Crippen molar-refractivity contribution < 1.29 is 14.3 Å². The molecule has 0 aliphatic carbocycles. The van der Waals surface area contributed by atoms with Gasteiger partial charge in [0, 0.05) is 11.6 Å². The molecule has 0 spiro atoms. The maximum Gasteiger partial charge on any atom is 0.328 e. The van der Waals surface area contributed by atoms with E-state index < -0.39 is 5.97 Å². The molecule has 0 unspecified atom stereocenters. The standard InChI is InChI=1S/C13H9ClO3/c14-11-4-2-1-3-10(11)12-7-5-9(17-12)6-8-13(15)16/h1-8H,(H,15,16)/b8-6+. The van der Waals surface area contributed by atoms with Gasteiger partial charge in [0.15, 0.2) is 0 Å². The molecule has 0 saturated carbocycles. The van der Waals surface area contributed by atoms with Crippen LogP contribution in [0.5, 0.6) is 0 Å². The van der Waals surface area contributed by atoms with Gasteiger partial charge in [-0.1, -0.05) is 23.7 Å². The van der Waals surface area contributed by atoms with Gasteiger partial charge in [0.2, 0.25) is 0 Å². The van der Waals surface area contributed by atoms with Crippen LogP contribution < -0.4 is 0 Å². The van der Waals surface area contributed by atoms with Gasteiger partial charge >= 0.3 is 5.97 Å². The van der Waals surface area contributed by atoms with Crippen molar-refractivity contribution in [2.45, 2.75) is 0 Å². The highest BCUT2D eigenvalue weighted by Crippen LogP contribution is 2.29. The molecule has 1 N–H and O–H groups in total. The second kappa shape index (κ2) is 4.89. The molecule has 0 aliphatic rings. The minimum Gasteiger partial charge on any atom is -0.478 e. The topological polar surface area (TPSA) is 50.4 Å². The van der Waals surface area contributed by atoms with Crippen LogP contribution in [0.3, 0.4) is 0 Å². The normalized spacial score (nSPS) is 10.9. The lowest BCUT2D eigenvalue weighted by atomic mass is 10.2. The van der Waals surface area contributed by atoms with Crippen LogP contribution in [0.1, 0.15) is 5.76 Å². The van der Waals surface area contributed by atoms with Crippen LogP contribution >= 0.6 is 11.6 Å². The fraction of sp³-hybridized carbons (Fsp3) is 0. The van der Waals surface area contributed by atoms with E-state index in [0.29, 0.717) is 16.5 Å². The smallest absolute Gasteiger partial charge is 0.328 e. The minimum absolute atomic E-state index is 0.474. The summed E-state index contributed by atoms with van der Waals surface area (Å²) in [7, 11) is 0. The summed E-state index contributed by atoms with van der Waals surface area (Å²) in [6, 6.07) is 10.7. The number of hydrogen-bond donors (Lipinski definition) is 1. The molecule has 86 valence electrons. The van der Waals surface area contributed by atoms with E-state index in [4.69, 9.17) is 21.1 Å². The van der Waals surface area contributed by atoms with Crippen molar-refractivity contribution in [3.05, 3.63) is 53.3 Å². The number of furan rings is 1. The van der Waals surface area contributed by atoms with Gasteiger partial charge < -0.3 is 9.52 Å². The Kier molecular flexibility index (Phi) is 3.30. The molecule has 1 aromatic carbocycles. The van der Waals surface area contributed by atoms with Crippen molar-refractivity contribution in [2.75, 3.05) is 0 Å². The third-order valence-electron chi connectivity index (χ3n) is 2.16. The molecule has 0 aliphatic heterocycles. The molecule has 0 saturated heterocycles. The summed E-state index contributed by atoms with van der Waals surface area (Å²) >= 11 is 6.02. The number of carboxylic acid groups (broad SMARTS) is 1. The first-order valence-corrected chi connectivity index (χ1v) is 5.30. The van der Waals surface area contributed by atoms with Crippen molar-refractivity contribution in [1.29, 1.82) is 0 Å². The van der Waals surface area contributed by atoms with Crippen LogP contribution in [0.25, 0.3) is 17.4 Å². The summed E-state index contributed by atoms with van der Waals surface area (Å²) in [5.74, 6) is 0.0728. The van der Waals surface area contributed by atoms with Crippen molar-refractivity contribution in [3.63, 3.8) is 0 Å². The van der Waals surface area contributed by atoms with Gasteiger partial charge in [-0.05, 0) is 30.3 Å². The van der Waals surface area contributed by atoms with Crippen molar-refractivity contribution in [3.8, 4) is 11.3 Å². The fourth-order valence-corrected chi connectivity index (χ4v) is 1.63. The lowest BCUT2D eigenvalue weighted by molar-refractivity contribution is -0.131. The quantitative estimate of drug-likeness (QED) is 0.843. The molecule has 0 fully saturated rings. The summed E-state index contributed by atoms with van der Waals surface area (Å²) in [6.07, 6.45) is 2.41. The lowest BCUT2D eigenvalue weighted by Crippen LogP contribution is -1.84. The SMILES string of the molecule is O=C(O)/C=C/c1ccc(-c2ccccc2Cl)o1. The molecule has 17 heavy (non-hydrogen) atoms. The van der Waals surface area contributed by atoms with Crippen LogP contribution in [0, 0.1) is 0 Å². The highest BCUT2D eigenvalue weighted by molar-refractivity contribution is 6.33. The Morgan fingerprint density at radius 3 is 2.71 bits per heavy atom. The van der Waals surface area contributed by atoms with Crippen molar-refractivity contribution in [2.24, 2.45) is 0 Å². The maximum atomic E-state index is 10.4. The fourth-order valence-electron chi connectivity index (χ4n) is 1.40. The predicted molar refractivity (Wildman–Crippen MR) is 65.8 cm³/mol. The minimum atomic E-state index is -1.01. The summed E-state index contributed by atoms with van der Waals surface area (Å²) in [6.45, 7) is 0. The molecule has 0 amide bonds. The van der Waals surface area contributed by atoms with E-state index in [1.807, 2.05) is 18.2 Å². The zero-order valence-corrected chi connectivity index (χ0v) is 9.52. The average Bonchev–Trinajstić information content (AvgIpc) is 2.75. The number of carboxylic acids is 1. The van der Waals surface area contributed by atoms with Crippen molar-refractivity contribution >= 4 is 23.6 Å². The Hall–Kier alpha value is -2.00. The molecule has 1 heterocycles. The first-order valence-electron chi connectivity index (χ1n) is 4.92. The van der Waals surface area contributed by atoms with Gasteiger partial charge in [-0.15, -0.1) is 0 Å². The van der Waals surface area contributed by atoms with Gasteiger partial charge in [-0.2, -0.15) is 0 Å². The number of aliphatic carboxylic acids is 1. The number of benzene rings is 1. The molecular weight excluding hydrogens is 240 g/mol. The second-order valence-electron chi connectivity index (χ2n) is 3.35. The molecule has 2 aromatic rings. The monoisotopic (exact) mass is 248 g/mol. The van der Waals surface area contributed by atoms with Crippen LogP contribution in [-0.4, -0.2) is 11.1 Å². The molecule has 2 rings (SSSR count). The zero-order chi connectivity index (χ0) is 12.3. The summed E-state index contributed by atoms with van der Waals surface area (Å²) < 4.78 is 5.47. The van der Waals surface area contributed by atoms with E-state index in [0.717, 1.165) is 11.6 Å². The first kappa shape index (κ1) is 11.5. The molecule has 4 heteroatoms. The first-order chi connectivity index (χ1) is 8.16. The summed E-state index contributed by atoms with van der Waals surface area (Å²) in [4.78, 5) is 10.4. The van der Waals surface area contributed by atoms with Gasteiger partial charge in [0.05, 0.1) is 5.02 Å². The van der Waals surface area contributed by atoms with E-state index in [9.17, 15) is 4.79 Å². The van der Waals surface area contributed by atoms with E-state index in [1.165, 1.54) is 6.08 Å². The highest BCUT2D eigenvalue weighted by Gasteiger charge is 2.06. The molecular formula is C13H9ClO3. The lowest BCUT2D eigenvalue weighted by Gasteiger charge is -1.98.